The Hall–Kier alpha value is -3.45. The maximum Gasteiger partial charge on any atom is 0.573 e. The highest BCUT2D eigenvalue weighted by Crippen LogP contribution is 2.50. The molecule has 1 aliphatic rings. The molecule has 3 aromatic rings. The second-order valence-corrected chi connectivity index (χ2v) is 12.7. The molecule has 0 radical (unpaired) electrons. The molecule has 1 amide bonds. The van der Waals surface area contributed by atoms with Crippen molar-refractivity contribution in [3.05, 3.63) is 93.0 Å². The van der Waals surface area contributed by atoms with Crippen LogP contribution in [0.15, 0.2) is 54.6 Å². The third-order valence-corrected chi connectivity index (χ3v) is 8.03. The van der Waals surface area contributed by atoms with Gasteiger partial charge >= 0.3 is 12.3 Å². The molecule has 0 aromatic heterocycles. The number of anilines is 1. The Morgan fingerprint density at radius 3 is 2.33 bits per heavy atom. The minimum absolute atomic E-state index is 0.0724. The van der Waals surface area contributed by atoms with Crippen LogP contribution >= 0.6 is 23.2 Å². The average molecular weight is 674 g/mol. The third kappa shape index (κ3) is 7.35. The minimum atomic E-state index is -5.19. The zero-order valence-corrected chi connectivity index (χ0v) is 26.0. The highest BCUT2D eigenvalue weighted by molar-refractivity contribution is 6.31. The van der Waals surface area contributed by atoms with Gasteiger partial charge in [0.2, 0.25) is 5.91 Å². The Kier molecular flexibility index (Phi) is 9.75. The first-order chi connectivity index (χ1) is 20.9. The number of esters is 1. The van der Waals surface area contributed by atoms with Crippen LogP contribution in [0.25, 0.3) is 0 Å². The summed E-state index contributed by atoms with van der Waals surface area (Å²) in [6.07, 6.45) is -4.94. The van der Waals surface area contributed by atoms with Gasteiger partial charge in [-0.2, -0.15) is 0 Å². The summed E-state index contributed by atoms with van der Waals surface area (Å²) in [5, 5.41) is 5.29. The molecule has 4 unspecified atom stereocenters. The van der Waals surface area contributed by atoms with Crippen LogP contribution in [0.5, 0.6) is 5.75 Å². The molecule has 1 aliphatic heterocycles. The maximum absolute atomic E-state index is 15.8. The zero-order chi connectivity index (χ0) is 33.5. The van der Waals surface area contributed by atoms with Gasteiger partial charge in [-0.25, -0.2) is 13.6 Å². The predicted molar refractivity (Wildman–Crippen MR) is 159 cm³/mol. The third-order valence-electron chi connectivity index (χ3n) is 7.50. The molecule has 0 bridgehead atoms. The Bertz CT molecular complexity index is 1620. The van der Waals surface area contributed by atoms with Crippen LogP contribution in [-0.2, 0) is 15.1 Å². The van der Waals surface area contributed by atoms with Crippen LogP contribution in [0.4, 0.5) is 27.6 Å². The van der Waals surface area contributed by atoms with Crippen LogP contribution in [-0.4, -0.2) is 37.4 Å². The number of alkyl halides is 3. The van der Waals surface area contributed by atoms with E-state index in [1.54, 1.807) is 0 Å². The number of benzene rings is 3. The van der Waals surface area contributed by atoms with Gasteiger partial charge in [0.25, 0.3) is 0 Å². The van der Waals surface area contributed by atoms with Crippen molar-refractivity contribution in [1.82, 2.24) is 5.32 Å². The van der Waals surface area contributed by atoms with Crippen LogP contribution in [0.3, 0.4) is 0 Å². The van der Waals surface area contributed by atoms with Gasteiger partial charge < -0.3 is 25.8 Å². The molecule has 7 nitrogen and oxygen atoms in total. The van der Waals surface area contributed by atoms with Crippen LogP contribution < -0.4 is 21.1 Å². The number of nitrogens with one attached hydrogen (secondary N) is 2. The van der Waals surface area contributed by atoms with Crippen molar-refractivity contribution in [2.45, 2.75) is 57.1 Å². The summed E-state index contributed by atoms with van der Waals surface area (Å²) < 4.78 is 80.1. The van der Waals surface area contributed by atoms with E-state index >= 15 is 8.78 Å². The molecule has 4 N–H and O–H groups in total. The van der Waals surface area contributed by atoms with Gasteiger partial charge in [0.1, 0.15) is 11.6 Å². The first-order valence-electron chi connectivity index (χ1n) is 13.6. The molecule has 0 saturated carbocycles. The highest BCUT2D eigenvalue weighted by atomic mass is 35.5. The smallest absolute Gasteiger partial charge is 0.465 e. The molecule has 45 heavy (non-hydrogen) atoms. The molecule has 0 aliphatic carbocycles. The zero-order valence-electron chi connectivity index (χ0n) is 24.5. The summed E-state index contributed by atoms with van der Waals surface area (Å²) in [6.45, 7) is 5.66. The van der Waals surface area contributed by atoms with E-state index in [2.05, 4.69) is 20.1 Å². The topological polar surface area (TPSA) is 103 Å². The number of carbonyl (C=O) groups is 2. The molecular weight excluding hydrogens is 644 g/mol. The fraction of sp³-hybridized carbons (Fsp3) is 0.355. The number of hydrogen-bond donors (Lipinski definition) is 3. The fourth-order valence-corrected chi connectivity index (χ4v) is 6.03. The molecule has 242 valence electrons. The van der Waals surface area contributed by atoms with Crippen molar-refractivity contribution in [1.29, 1.82) is 0 Å². The van der Waals surface area contributed by atoms with Gasteiger partial charge in [-0.1, -0.05) is 62.2 Å². The maximum atomic E-state index is 15.8. The fourth-order valence-electron chi connectivity index (χ4n) is 5.69. The van der Waals surface area contributed by atoms with Crippen molar-refractivity contribution < 1.29 is 41.0 Å². The number of carbonyl (C=O) groups excluding carboxylic acids is 2. The number of rotatable bonds is 7. The lowest BCUT2D eigenvalue weighted by molar-refractivity contribution is -0.274. The van der Waals surface area contributed by atoms with Gasteiger partial charge in [-0.15, -0.1) is 13.2 Å². The number of ether oxygens (including phenoxy) is 2. The number of hydrogen-bond acceptors (Lipinski definition) is 6. The highest BCUT2D eigenvalue weighted by Gasteiger charge is 2.58. The van der Waals surface area contributed by atoms with Crippen molar-refractivity contribution >= 4 is 40.8 Å². The summed E-state index contributed by atoms with van der Waals surface area (Å²) in [5.41, 5.74) is 3.92. The normalized spacial score (nSPS) is 21.8. The molecule has 3 aromatic carbocycles. The number of amides is 1. The first-order valence-corrected chi connectivity index (χ1v) is 14.3. The Balaban J connectivity index is 1.89. The molecule has 1 heterocycles. The standard InChI is InChI=1S/C31H30Cl2F5N3O4/c1-29(2,3)14-23-30(39,18-10-9-16(32)13-20(18)34)24(17-6-5-7-19(33)25(17)35)26(41-23)27(42)40-21-11-8-15(28(43)44-4)12-22(21)45-31(36,37)38/h5-13,23-24,26,41H,14,39H2,1-4H3,(H,40,42). The lowest BCUT2D eigenvalue weighted by Crippen LogP contribution is -2.52. The average Bonchev–Trinajstić information content (AvgIpc) is 3.20. The van der Waals surface area contributed by atoms with Gasteiger partial charge in [0, 0.05) is 22.5 Å². The van der Waals surface area contributed by atoms with Crippen molar-refractivity contribution in [2.24, 2.45) is 11.1 Å². The van der Waals surface area contributed by atoms with E-state index in [0.29, 0.717) is 0 Å². The molecule has 0 spiro atoms. The summed E-state index contributed by atoms with van der Waals surface area (Å²) in [7, 11) is 1.04. The number of methoxy groups -OCH3 is 1. The van der Waals surface area contributed by atoms with E-state index in [4.69, 9.17) is 28.9 Å². The van der Waals surface area contributed by atoms with Crippen LogP contribution in [0.2, 0.25) is 10.0 Å². The number of nitrogens with two attached hydrogens (primary N) is 1. The number of halogens is 7. The summed E-state index contributed by atoms with van der Waals surface area (Å²) in [4.78, 5) is 26.0. The monoisotopic (exact) mass is 673 g/mol. The Morgan fingerprint density at radius 2 is 1.73 bits per heavy atom. The molecule has 14 heteroatoms. The molecule has 1 saturated heterocycles. The summed E-state index contributed by atoms with van der Waals surface area (Å²) in [5.74, 6) is -5.86. The van der Waals surface area contributed by atoms with Crippen molar-refractivity contribution in [2.75, 3.05) is 12.4 Å². The SMILES string of the molecule is COC(=O)c1ccc(NC(=O)C2NC(CC(C)(C)C)C(N)(c3ccc(Cl)cc3F)C2c2cccc(Cl)c2F)c(OC(F)(F)F)c1. The predicted octanol–water partition coefficient (Wildman–Crippen LogP) is 7.31. The second-order valence-electron chi connectivity index (χ2n) is 11.9. The van der Waals surface area contributed by atoms with E-state index in [1.807, 2.05) is 20.8 Å². The van der Waals surface area contributed by atoms with Gasteiger partial charge in [0.05, 0.1) is 35.0 Å². The summed E-state index contributed by atoms with van der Waals surface area (Å²) in [6, 6.07) is 8.47. The van der Waals surface area contributed by atoms with Gasteiger partial charge in [-0.05, 0) is 53.8 Å². The van der Waals surface area contributed by atoms with Crippen LogP contribution in [0, 0.1) is 17.0 Å². The molecule has 4 rings (SSSR count). The first kappa shape index (κ1) is 34.4. The summed E-state index contributed by atoms with van der Waals surface area (Å²) >= 11 is 12.2. The van der Waals surface area contributed by atoms with E-state index < -0.39 is 70.3 Å². The van der Waals surface area contributed by atoms with E-state index in [-0.39, 0.29) is 33.2 Å². The minimum Gasteiger partial charge on any atom is -0.465 e. The molecular formula is C31H30Cl2F5N3O4. The van der Waals surface area contributed by atoms with Crippen molar-refractivity contribution in [3.63, 3.8) is 0 Å². The second kappa shape index (κ2) is 12.7. The Labute approximate surface area is 266 Å². The largest absolute Gasteiger partial charge is 0.573 e. The van der Waals surface area contributed by atoms with E-state index in [9.17, 15) is 22.8 Å². The van der Waals surface area contributed by atoms with Gasteiger partial charge in [0.15, 0.2) is 5.75 Å². The van der Waals surface area contributed by atoms with E-state index in [0.717, 1.165) is 31.4 Å². The lowest BCUT2D eigenvalue weighted by atomic mass is 9.68. The quantitative estimate of drug-likeness (QED) is 0.180. The van der Waals surface area contributed by atoms with E-state index in [1.165, 1.54) is 30.3 Å². The van der Waals surface area contributed by atoms with Crippen molar-refractivity contribution in [3.8, 4) is 5.75 Å². The lowest BCUT2D eigenvalue weighted by Gasteiger charge is -2.40. The molecule has 4 atom stereocenters. The van der Waals surface area contributed by atoms with Gasteiger partial charge in [-0.3, -0.25) is 4.79 Å². The Morgan fingerprint density at radius 1 is 1.04 bits per heavy atom. The molecule has 1 fully saturated rings. The van der Waals surface area contributed by atoms with Crippen LogP contribution in [0.1, 0.15) is 54.6 Å².